The highest BCUT2D eigenvalue weighted by atomic mass is 35.5. The van der Waals surface area contributed by atoms with Crippen LogP contribution in [0, 0.1) is 11.8 Å². The number of fused-ring (bicyclic) bond motifs is 5. The van der Waals surface area contributed by atoms with Gasteiger partial charge in [0.05, 0.1) is 21.9 Å². The van der Waals surface area contributed by atoms with Gasteiger partial charge in [0, 0.05) is 7.05 Å². The van der Waals surface area contributed by atoms with E-state index < -0.39 is 37.7 Å². The minimum absolute atomic E-state index is 0.0754. The molecule has 1 heterocycles. The minimum Gasteiger partial charge on any atom is -0.285 e. The van der Waals surface area contributed by atoms with Crippen LogP contribution in [0.1, 0.15) is 0 Å². The first-order valence-corrected chi connectivity index (χ1v) is 7.44. The molecule has 4 unspecified atom stereocenters. The van der Waals surface area contributed by atoms with E-state index in [1.54, 1.807) is 0 Å². The maximum atomic E-state index is 12.2. The molecule has 2 amide bonds. The van der Waals surface area contributed by atoms with Gasteiger partial charge in [-0.05, 0) is 0 Å². The van der Waals surface area contributed by atoms with E-state index in [0.717, 1.165) is 4.90 Å². The number of carbonyl (C=O) groups is 2. The molecule has 3 rings (SSSR count). The molecule has 2 bridgehead atoms. The fourth-order valence-electron chi connectivity index (χ4n) is 3.13. The number of nitrogens with zero attached hydrogens (tertiary/aromatic N) is 1. The fraction of sp³-hybridized carbons (Fsp3) is 0.600. The molecule has 0 spiro atoms. The Kier molecular flexibility index (Phi) is 2.82. The highest BCUT2D eigenvalue weighted by molar-refractivity contribution is 6.66. The Labute approximate surface area is 138 Å². The lowest BCUT2D eigenvalue weighted by Gasteiger charge is -2.34. The average Bonchev–Trinajstić information content (AvgIpc) is 2.69. The van der Waals surface area contributed by atoms with Gasteiger partial charge in [-0.2, -0.15) is 0 Å². The van der Waals surface area contributed by atoms with Crippen molar-refractivity contribution in [2.75, 3.05) is 7.05 Å². The largest absolute Gasteiger partial charge is 0.285 e. The third-order valence-electron chi connectivity index (χ3n) is 4.13. The van der Waals surface area contributed by atoms with Crippen molar-refractivity contribution in [2.45, 2.75) is 14.1 Å². The Hall–Kier alpha value is 0.620. The molecule has 1 saturated carbocycles. The van der Waals surface area contributed by atoms with Crippen molar-refractivity contribution in [1.82, 2.24) is 4.90 Å². The van der Waals surface area contributed by atoms with Gasteiger partial charge >= 0.3 is 0 Å². The van der Waals surface area contributed by atoms with Crippen molar-refractivity contribution in [3.63, 3.8) is 0 Å². The summed E-state index contributed by atoms with van der Waals surface area (Å²) in [5, 5.41) is -0.151. The number of alkyl halides is 4. The highest BCUT2D eigenvalue weighted by Gasteiger charge is 2.87. The molecule has 2 aliphatic carbocycles. The van der Waals surface area contributed by atoms with Crippen LogP contribution >= 0.6 is 69.6 Å². The lowest BCUT2D eigenvalue weighted by Crippen LogP contribution is -2.49. The second-order valence-corrected chi connectivity index (χ2v) is 8.09. The highest BCUT2D eigenvalue weighted by Crippen LogP contribution is 2.77. The van der Waals surface area contributed by atoms with Crippen molar-refractivity contribution in [3.8, 4) is 0 Å². The van der Waals surface area contributed by atoms with E-state index >= 15 is 0 Å². The van der Waals surface area contributed by atoms with Gasteiger partial charge in [0.25, 0.3) is 0 Å². The third-order valence-corrected chi connectivity index (χ3v) is 8.39. The van der Waals surface area contributed by atoms with Crippen molar-refractivity contribution >= 4 is 81.4 Å². The zero-order chi connectivity index (χ0) is 14.5. The quantitative estimate of drug-likeness (QED) is 0.476. The van der Waals surface area contributed by atoms with Gasteiger partial charge < -0.3 is 0 Å². The smallest absolute Gasteiger partial charge is 0.235 e. The Morgan fingerprint density at radius 3 is 1.53 bits per heavy atom. The fourth-order valence-corrected chi connectivity index (χ4v) is 6.06. The standard InChI is InChI=1S/C10H5Cl6NO2/c1-17-6(18)2-3(7(17)19)9(14)5(12)4(11)8(2,13)10(9,15)16/h2-3H,1H3. The molecule has 0 aromatic heterocycles. The van der Waals surface area contributed by atoms with Gasteiger partial charge in [0.1, 0.15) is 9.75 Å². The molecule has 1 aliphatic heterocycles. The van der Waals surface area contributed by atoms with Gasteiger partial charge in [-0.3, -0.25) is 14.5 Å². The van der Waals surface area contributed by atoms with Crippen LogP contribution in [-0.4, -0.2) is 37.8 Å². The monoisotopic (exact) mass is 381 g/mol. The Bertz CT molecular complexity index is 528. The van der Waals surface area contributed by atoms with E-state index in [2.05, 4.69) is 0 Å². The maximum absolute atomic E-state index is 12.2. The minimum atomic E-state index is -1.85. The van der Waals surface area contributed by atoms with E-state index in [4.69, 9.17) is 69.6 Å². The van der Waals surface area contributed by atoms with Gasteiger partial charge in [-0.25, -0.2) is 0 Å². The molecule has 0 radical (unpaired) electrons. The lowest BCUT2D eigenvalue weighted by atomic mass is 9.84. The van der Waals surface area contributed by atoms with Crippen molar-refractivity contribution < 1.29 is 9.59 Å². The number of halogens is 6. The number of carbonyl (C=O) groups excluding carboxylic acids is 2. The van der Waals surface area contributed by atoms with Gasteiger partial charge in [-0.15, -0.1) is 23.2 Å². The molecule has 104 valence electrons. The molecule has 2 fully saturated rings. The topological polar surface area (TPSA) is 37.4 Å². The van der Waals surface area contributed by atoms with Crippen LogP contribution in [0.4, 0.5) is 0 Å². The molecular weight excluding hydrogens is 379 g/mol. The molecular formula is C10H5Cl6NO2. The van der Waals surface area contributed by atoms with E-state index in [1.807, 2.05) is 0 Å². The zero-order valence-corrected chi connectivity index (χ0v) is 13.7. The lowest BCUT2D eigenvalue weighted by molar-refractivity contribution is -0.138. The summed E-state index contributed by atoms with van der Waals surface area (Å²) in [4.78, 5) is 21.9. The summed E-state index contributed by atoms with van der Waals surface area (Å²) in [6.45, 7) is 0. The van der Waals surface area contributed by atoms with E-state index in [-0.39, 0.29) is 10.1 Å². The molecule has 0 N–H and O–H groups in total. The predicted molar refractivity (Wildman–Crippen MR) is 75.1 cm³/mol. The second-order valence-electron chi connectivity index (χ2n) is 4.82. The molecule has 4 atom stereocenters. The Morgan fingerprint density at radius 1 is 0.895 bits per heavy atom. The molecule has 19 heavy (non-hydrogen) atoms. The van der Waals surface area contributed by atoms with Crippen LogP contribution < -0.4 is 0 Å². The summed E-state index contributed by atoms with van der Waals surface area (Å²) in [7, 11) is 1.34. The molecule has 1 saturated heterocycles. The van der Waals surface area contributed by atoms with Gasteiger partial charge in [0.15, 0.2) is 4.33 Å². The first-order valence-electron chi connectivity index (χ1n) is 5.17. The van der Waals surface area contributed by atoms with Gasteiger partial charge in [0.2, 0.25) is 11.8 Å². The Balaban J connectivity index is 2.36. The summed E-state index contributed by atoms with van der Waals surface area (Å²) in [5.41, 5.74) is 0. The molecule has 0 aromatic carbocycles. The summed E-state index contributed by atoms with van der Waals surface area (Å²) in [6.07, 6.45) is 0. The first kappa shape index (κ1) is 14.6. The summed E-state index contributed by atoms with van der Waals surface area (Å²) >= 11 is 37.5. The van der Waals surface area contributed by atoms with Crippen LogP contribution in [0.15, 0.2) is 10.1 Å². The van der Waals surface area contributed by atoms with Crippen molar-refractivity contribution in [1.29, 1.82) is 0 Å². The maximum Gasteiger partial charge on any atom is 0.235 e. The normalized spacial score (nSPS) is 47.4. The van der Waals surface area contributed by atoms with E-state index in [1.165, 1.54) is 7.05 Å². The average molecular weight is 384 g/mol. The molecule has 3 aliphatic rings. The molecule has 0 aromatic rings. The SMILES string of the molecule is CN1C(=O)C2C(C1=O)C1(Cl)C(Cl)=C(Cl)C2(Cl)C1(Cl)Cl. The van der Waals surface area contributed by atoms with Crippen LogP contribution in [0.3, 0.4) is 0 Å². The number of imide groups is 1. The number of likely N-dealkylation sites (tertiary alicyclic amines) is 1. The number of allylic oxidation sites excluding steroid dienone is 2. The molecule has 3 nitrogen and oxygen atoms in total. The number of rotatable bonds is 0. The van der Waals surface area contributed by atoms with Crippen LogP contribution in [0.5, 0.6) is 0 Å². The summed E-state index contributed by atoms with van der Waals surface area (Å²) in [6, 6.07) is 0. The summed E-state index contributed by atoms with van der Waals surface area (Å²) in [5.74, 6) is -3.07. The number of amides is 2. The van der Waals surface area contributed by atoms with E-state index in [0.29, 0.717) is 0 Å². The second kappa shape index (κ2) is 3.68. The van der Waals surface area contributed by atoms with Crippen LogP contribution in [0.25, 0.3) is 0 Å². The van der Waals surface area contributed by atoms with E-state index in [9.17, 15) is 9.59 Å². The number of hydrogen-bond donors (Lipinski definition) is 0. The number of hydrogen-bond acceptors (Lipinski definition) is 2. The predicted octanol–water partition coefficient (Wildman–Crippen LogP) is 3.06. The summed E-state index contributed by atoms with van der Waals surface area (Å²) < 4.78 is -1.85. The van der Waals surface area contributed by atoms with Crippen LogP contribution in [-0.2, 0) is 9.59 Å². The van der Waals surface area contributed by atoms with Crippen molar-refractivity contribution in [2.24, 2.45) is 11.8 Å². The van der Waals surface area contributed by atoms with Crippen LogP contribution in [0.2, 0.25) is 0 Å². The zero-order valence-electron chi connectivity index (χ0n) is 9.19. The van der Waals surface area contributed by atoms with Crippen molar-refractivity contribution in [3.05, 3.63) is 10.1 Å². The van der Waals surface area contributed by atoms with Gasteiger partial charge in [-0.1, -0.05) is 46.4 Å². The third kappa shape index (κ3) is 1.16. The first-order chi connectivity index (χ1) is 8.54. The Morgan fingerprint density at radius 2 is 1.21 bits per heavy atom. The molecule has 9 heteroatoms.